The summed E-state index contributed by atoms with van der Waals surface area (Å²) >= 11 is 5.98. The van der Waals surface area contributed by atoms with E-state index in [1.165, 1.54) is 6.42 Å². The highest BCUT2D eigenvalue weighted by molar-refractivity contribution is 6.33. The molecule has 1 aromatic heterocycles. The van der Waals surface area contributed by atoms with Crippen LogP contribution in [-0.2, 0) is 0 Å². The van der Waals surface area contributed by atoms with Crippen molar-refractivity contribution in [2.24, 2.45) is 0 Å². The first-order valence-corrected chi connectivity index (χ1v) is 6.13. The Hall–Kier alpha value is -0.800. The van der Waals surface area contributed by atoms with Crippen molar-refractivity contribution >= 4 is 17.3 Å². The molecule has 0 aromatic carbocycles. The minimum Gasteiger partial charge on any atom is -0.388 e. The summed E-state index contributed by atoms with van der Waals surface area (Å²) in [5.74, 6) is 0. The lowest BCUT2D eigenvalue weighted by Crippen LogP contribution is -2.38. The SMILES string of the molecule is OC1(CNc2ccncc2Cl)CCCCC1. The highest BCUT2D eigenvalue weighted by atomic mass is 35.5. The van der Waals surface area contributed by atoms with E-state index in [-0.39, 0.29) is 0 Å². The summed E-state index contributed by atoms with van der Waals surface area (Å²) in [6.45, 7) is 0.566. The fourth-order valence-corrected chi connectivity index (χ4v) is 2.35. The Balaban J connectivity index is 1.94. The molecular formula is C12H17ClN2O. The third kappa shape index (κ3) is 2.86. The molecule has 0 amide bonds. The molecule has 0 bridgehead atoms. The second-order valence-corrected chi connectivity index (χ2v) is 4.90. The smallest absolute Gasteiger partial charge is 0.0820 e. The number of aliphatic hydroxyl groups is 1. The van der Waals surface area contributed by atoms with Crippen molar-refractivity contribution in [1.29, 1.82) is 0 Å². The molecule has 16 heavy (non-hydrogen) atoms. The quantitative estimate of drug-likeness (QED) is 0.854. The number of nitrogens with zero attached hydrogens (tertiary/aromatic N) is 1. The third-order valence-corrected chi connectivity index (χ3v) is 3.47. The van der Waals surface area contributed by atoms with Crippen molar-refractivity contribution < 1.29 is 5.11 Å². The van der Waals surface area contributed by atoms with Crippen LogP contribution >= 0.6 is 11.6 Å². The minimum absolute atomic E-state index is 0.565. The summed E-state index contributed by atoms with van der Waals surface area (Å²) in [5, 5.41) is 14.1. The molecular weight excluding hydrogens is 224 g/mol. The molecule has 1 saturated carbocycles. The number of hydrogen-bond acceptors (Lipinski definition) is 3. The molecule has 4 heteroatoms. The summed E-state index contributed by atoms with van der Waals surface area (Å²) in [6.07, 6.45) is 8.52. The van der Waals surface area contributed by atoms with Crippen LogP contribution in [0, 0.1) is 0 Å². The van der Waals surface area contributed by atoms with Gasteiger partial charge in [-0.05, 0) is 18.9 Å². The topological polar surface area (TPSA) is 45.1 Å². The molecule has 0 saturated heterocycles. The lowest BCUT2D eigenvalue weighted by atomic mass is 9.85. The Kier molecular flexibility index (Phi) is 3.66. The zero-order valence-corrected chi connectivity index (χ0v) is 10.0. The van der Waals surface area contributed by atoms with Gasteiger partial charge in [-0.15, -0.1) is 0 Å². The van der Waals surface area contributed by atoms with Crippen LogP contribution in [0.2, 0.25) is 5.02 Å². The Bertz CT molecular complexity index is 351. The molecule has 3 nitrogen and oxygen atoms in total. The number of hydrogen-bond donors (Lipinski definition) is 2. The number of anilines is 1. The summed E-state index contributed by atoms with van der Waals surface area (Å²) in [4.78, 5) is 3.92. The van der Waals surface area contributed by atoms with E-state index < -0.39 is 5.60 Å². The largest absolute Gasteiger partial charge is 0.388 e. The van der Waals surface area contributed by atoms with Gasteiger partial charge in [-0.1, -0.05) is 30.9 Å². The van der Waals surface area contributed by atoms with E-state index >= 15 is 0 Å². The van der Waals surface area contributed by atoms with E-state index in [0.717, 1.165) is 31.4 Å². The Labute approximate surface area is 101 Å². The molecule has 1 aliphatic carbocycles. The summed E-state index contributed by atoms with van der Waals surface area (Å²) < 4.78 is 0. The van der Waals surface area contributed by atoms with Gasteiger partial charge in [-0.2, -0.15) is 0 Å². The molecule has 0 aliphatic heterocycles. The molecule has 1 aliphatic rings. The van der Waals surface area contributed by atoms with Gasteiger partial charge in [0.2, 0.25) is 0 Å². The van der Waals surface area contributed by atoms with Crippen LogP contribution in [0.15, 0.2) is 18.5 Å². The van der Waals surface area contributed by atoms with Crippen LogP contribution in [0.5, 0.6) is 0 Å². The highest BCUT2D eigenvalue weighted by Crippen LogP contribution is 2.29. The average Bonchev–Trinajstić information content (AvgIpc) is 2.29. The maximum absolute atomic E-state index is 10.3. The number of halogens is 1. The standard InChI is InChI=1S/C12H17ClN2O/c13-10-8-14-7-4-11(10)15-9-12(16)5-2-1-3-6-12/h4,7-8,16H,1-3,5-6,9H2,(H,14,15). The van der Waals surface area contributed by atoms with Crippen LogP contribution in [0.3, 0.4) is 0 Å². The van der Waals surface area contributed by atoms with E-state index in [2.05, 4.69) is 10.3 Å². The van der Waals surface area contributed by atoms with Crippen molar-refractivity contribution in [3.05, 3.63) is 23.5 Å². The fraction of sp³-hybridized carbons (Fsp3) is 0.583. The lowest BCUT2D eigenvalue weighted by molar-refractivity contribution is 0.0167. The first-order valence-electron chi connectivity index (χ1n) is 5.75. The number of pyridine rings is 1. The predicted octanol–water partition coefficient (Wildman–Crippen LogP) is 2.84. The predicted molar refractivity (Wildman–Crippen MR) is 65.8 cm³/mol. The normalized spacial score (nSPS) is 19.4. The van der Waals surface area contributed by atoms with Gasteiger partial charge >= 0.3 is 0 Å². The van der Waals surface area contributed by atoms with Gasteiger partial charge in [-0.25, -0.2) is 0 Å². The van der Waals surface area contributed by atoms with Gasteiger partial charge in [0.25, 0.3) is 0 Å². The summed E-state index contributed by atoms with van der Waals surface area (Å²) in [7, 11) is 0. The maximum atomic E-state index is 10.3. The van der Waals surface area contributed by atoms with Gasteiger partial charge in [-0.3, -0.25) is 4.98 Å². The molecule has 0 atom stereocenters. The van der Waals surface area contributed by atoms with Gasteiger partial charge < -0.3 is 10.4 Å². The second-order valence-electron chi connectivity index (χ2n) is 4.49. The van der Waals surface area contributed by atoms with Gasteiger partial charge in [0.05, 0.1) is 16.3 Å². The summed E-state index contributed by atoms with van der Waals surface area (Å²) in [5.41, 5.74) is 0.279. The van der Waals surface area contributed by atoms with E-state index in [4.69, 9.17) is 11.6 Å². The minimum atomic E-state index is -0.565. The molecule has 1 heterocycles. The van der Waals surface area contributed by atoms with Gasteiger partial charge in [0.1, 0.15) is 0 Å². The van der Waals surface area contributed by atoms with Crippen LogP contribution in [-0.4, -0.2) is 22.2 Å². The van der Waals surface area contributed by atoms with Crippen LogP contribution < -0.4 is 5.32 Å². The highest BCUT2D eigenvalue weighted by Gasteiger charge is 2.28. The Morgan fingerprint density at radius 3 is 2.81 bits per heavy atom. The van der Waals surface area contributed by atoms with E-state index in [9.17, 15) is 5.11 Å². The Morgan fingerprint density at radius 2 is 2.12 bits per heavy atom. The Morgan fingerprint density at radius 1 is 1.38 bits per heavy atom. The molecule has 0 unspecified atom stereocenters. The number of rotatable bonds is 3. The van der Waals surface area contributed by atoms with E-state index in [0.29, 0.717) is 11.6 Å². The van der Waals surface area contributed by atoms with Crippen molar-refractivity contribution in [3.8, 4) is 0 Å². The molecule has 1 fully saturated rings. The van der Waals surface area contributed by atoms with E-state index in [1.807, 2.05) is 6.07 Å². The average molecular weight is 241 g/mol. The molecule has 88 valence electrons. The number of nitrogens with one attached hydrogen (secondary N) is 1. The third-order valence-electron chi connectivity index (χ3n) is 3.16. The van der Waals surface area contributed by atoms with Crippen LogP contribution in [0.25, 0.3) is 0 Å². The molecule has 0 radical (unpaired) electrons. The first kappa shape index (κ1) is 11.7. The maximum Gasteiger partial charge on any atom is 0.0820 e. The molecule has 0 spiro atoms. The lowest BCUT2D eigenvalue weighted by Gasteiger charge is -2.32. The zero-order valence-electron chi connectivity index (χ0n) is 9.25. The fourth-order valence-electron chi connectivity index (χ4n) is 2.16. The van der Waals surface area contributed by atoms with Crippen LogP contribution in [0.1, 0.15) is 32.1 Å². The zero-order chi connectivity index (χ0) is 11.4. The van der Waals surface area contributed by atoms with Crippen molar-refractivity contribution in [2.45, 2.75) is 37.7 Å². The monoisotopic (exact) mass is 240 g/mol. The van der Waals surface area contributed by atoms with Crippen LogP contribution in [0.4, 0.5) is 5.69 Å². The number of aromatic nitrogens is 1. The van der Waals surface area contributed by atoms with Gasteiger partial charge in [0, 0.05) is 18.9 Å². The molecule has 2 N–H and O–H groups in total. The first-order chi connectivity index (χ1) is 7.70. The van der Waals surface area contributed by atoms with E-state index in [1.54, 1.807) is 12.4 Å². The van der Waals surface area contributed by atoms with Crippen molar-refractivity contribution in [1.82, 2.24) is 4.98 Å². The molecule has 1 aromatic rings. The molecule has 2 rings (SSSR count). The summed E-state index contributed by atoms with van der Waals surface area (Å²) in [6, 6.07) is 1.83. The van der Waals surface area contributed by atoms with Gasteiger partial charge in [0.15, 0.2) is 0 Å². The van der Waals surface area contributed by atoms with Crippen molar-refractivity contribution in [3.63, 3.8) is 0 Å². The van der Waals surface area contributed by atoms with Crippen molar-refractivity contribution in [2.75, 3.05) is 11.9 Å². The second kappa shape index (κ2) is 5.02.